The lowest BCUT2D eigenvalue weighted by Gasteiger charge is -2.27. The predicted octanol–water partition coefficient (Wildman–Crippen LogP) is 1.57. The monoisotopic (exact) mass is 165 g/mol. The van der Waals surface area contributed by atoms with Crippen molar-refractivity contribution in [2.24, 2.45) is 5.92 Å². The summed E-state index contributed by atoms with van der Waals surface area (Å²) in [5.74, 6) is 0.928. The molecule has 1 aliphatic carbocycles. The summed E-state index contributed by atoms with van der Waals surface area (Å²) in [6.07, 6.45) is 0.994. The van der Waals surface area contributed by atoms with Crippen LogP contribution < -0.4 is 0 Å². The smallest absolute Gasteiger partial charge is 0.250 e. The van der Waals surface area contributed by atoms with E-state index in [-0.39, 0.29) is 5.91 Å². The van der Waals surface area contributed by atoms with Crippen LogP contribution in [0.3, 0.4) is 0 Å². The topological polar surface area (TPSA) is 20.1 Å². The highest BCUT2D eigenvalue weighted by Gasteiger charge is 2.39. The summed E-state index contributed by atoms with van der Waals surface area (Å²) in [7, 11) is 0. The molecule has 0 spiro atoms. The van der Waals surface area contributed by atoms with Gasteiger partial charge in [0.2, 0.25) is 5.91 Å². The van der Waals surface area contributed by atoms with Gasteiger partial charge in [0.25, 0.3) is 0 Å². The molecule has 1 heterocycles. The number of nitrogens with zero attached hydrogens (tertiary/aromatic N) is 1. The van der Waals surface area contributed by atoms with Crippen LogP contribution in [0.1, 0.15) is 27.2 Å². The zero-order valence-corrected chi connectivity index (χ0v) is 7.92. The number of allylic oxidation sites excluding steroid dienone is 1. The maximum absolute atomic E-state index is 11.6. The lowest BCUT2D eigenvalue weighted by molar-refractivity contribution is -0.123. The molecule has 2 heteroatoms. The molecule has 2 aliphatic rings. The molecule has 1 fully saturated rings. The Bertz CT molecular complexity index is 267. The molecule has 0 saturated carbocycles. The minimum absolute atomic E-state index is 0.290. The molecule has 0 aromatic carbocycles. The summed E-state index contributed by atoms with van der Waals surface area (Å²) >= 11 is 0. The van der Waals surface area contributed by atoms with E-state index in [1.54, 1.807) is 0 Å². The Labute approximate surface area is 73.2 Å². The first-order valence-corrected chi connectivity index (χ1v) is 4.62. The molecule has 1 amide bonds. The van der Waals surface area contributed by atoms with E-state index >= 15 is 0 Å². The second kappa shape index (κ2) is 2.35. The van der Waals surface area contributed by atoms with Gasteiger partial charge in [-0.25, -0.2) is 0 Å². The van der Waals surface area contributed by atoms with Gasteiger partial charge in [0, 0.05) is 18.2 Å². The van der Waals surface area contributed by atoms with E-state index in [0.29, 0.717) is 12.0 Å². The highest BCUT2D eigenvalue weighted by atomic mass is 16.2. The van der Waals surface area contributed by atoms with Crippen LogP contribution in [0.25, 0.3) is 0 Å². The van der Waals surface area contributed by atoms with Gasteiger partial charge in [-0.3, -0.25) is 4.79 Å². The molecule has 2 rings (SSSR count). The van der Waals surface area contributed by atoms with Gasteiger partial charge in [0.05, 0.1) is 0 Å². The van der Waals surface area contributed by atoms with E-state index in [0.717, 1.165) is 18.5 Å². The average Bonchev–Trinajstić information content (AvgIpc) is 2.76. The molecule has 2 nitrogen and oxygen atoms in total. The second-order valence-corrected chi connectivity index (χ2v) is 4.07. The van der Waals surface area contributed by atoms with Crippen molar-refractivity contribution in [2.75, 3.05) is 6.54 Å². The summed E-state index contributed by atoms with van der Waals surface area (Å²) in [6, 6.07) is 0.494. The van der Waals surface area contributed by atoms with Gasteiger partial charge >= 0.3 is 0 Å². The van der Waals surface area contributed by atoms with Gasteiger partial charge in [-0.1, -0.05) is 12.5 Å². The molecule has 0 bridgehead atoms. The number of carbonyl (C=O) groups is 1. The first-order chi connectivity index (χ1) is 5.61. The van der Waals surface area contributed by atoms with Gasteiger partial charge in [-0.15, -0.1) is 0 Å². The maximum atomic E-state index is 11.6. The van der Waals surface area contributed by atoms with Gasteiger partial charge in [-0.2, -0.15) is 0 Å². The van der Waals surface area contributed by atoms with Gasteiger partial charge < -0.3 is 4.90 Å². The molecular formula is C10H15NO. The number of carbonyl (C=O) groups excluding carboxylic acids is 1. The molecule has 2 unspecified atom stereocenters. The molecule has 66 valence electrons. The molecule has 1 saturated heterocycles. The number of hydrogen-bond donors (Lipinski definition) is 0. The molecule has 0 N–H and O–H groups in total. The summed E-state index contributed by atoms with van der Waals surface area (Å²) < 4.78 is 0. The first kappa shape index (κ1) is 7.84. The Balaban J connectivity index is 2.07. The Morgan fingerprint density at radius 1 is 1.50 bits per heavy atom. The quantitative estimate of drug-likeness (QED) is 0.540. The van der Waals surface area contributed by atoms with Crippen LogP contribution in [0, 0.1) is 5.92 Å². The van der Waals surface area contributed by atoms with E-state index in [2.05, 4.69) is 20.8 Å². The highest BCUT2D eigenvalue weighted by molar-refractivity contribution is 5.97. The SMILES string of the molecule is CC1=C(C(=O)N2CC2C)CC1C. The van der Waals surface area contributed by atoms with E-state index in [1.807, 2.05) is 4.90 Å². The largest absolute Gasteiger partial charge is 0.332 e. The fourth-order valence-electron chi connectivity index (χ4n) is 1.74. The van der Waals surface area contributed by atoms with Crippen molar-refractivity contribution in [3.8, 4) is 0 Å². The predicted molar refractivity (Wildman–Crippen MR) is 47.7 cm³/mol. The van der Waals surface area contributed by atoms with Crippen molar-refractivity contribution < 1.29 is 4.79 Å². The van der Waals surface area contributed by atoms with E-state index in [9.17, 15) is 4.79 Å². The fourth-order valence-corrected chi connectivity index (χ4v) is 1.74. The summed E-state index contributed by atoms with van der Waals surface area (Å²) in [4.78, 5) is 13.6. The van der Waals surface area contributed by atoms with Gasteiger partial charge in [0.15, 0.2) is 0 Å². The Morgan fingerprint density at radius 2 is 2.08 bits per heavy atom. The zero-order chi connectivity index (χ0) is 8.88. The first-order valence-electron chi connectivity index (χ1n) is 4.62. The molecule has 2 atom stereocenters. The zero-order valence-electron chi connectivity index (χ0n) is 7.92. The number of amides is 1. The molecular weight excluding hydrogens is 150 g/mol. The Morgan fingerprint density at radius 3 is 2.42 bits per heavy atom. The van der Waals surface area contributed by atoms with Crippen LogP contribution >= 0.6 is 0 Å². The average molecular weight is 165 g/mol. The van der Waals surface area contributed by atoms with Crippen molar-refractivity contribution in [2.45, 2.75) is 33.2 Å². The molecule has 0 aromatic rings. The third kappa shape index (κ3) is 0.977. The minimum Gasteiger partial charge on any atom is -0.332 e. The minimum atomic E-state index is 0.290. The number of hydrogen-bond acceptors (Lipinski definition) is 1. The third-order valence-electron chi connectivity index (χ3n) is 3.10. The Kier molecular flexibility index (Phi) is 1.53. The fraction of sp³-hybridized carbons (Fsp3) is 0.700. The standard InChI is InChI=1S/C10H15NO/c1-6-4-9(8(6)3)10(12)11-5-7(11)2/h6-7H,4-5H2,1-3H3. The van der Waals surface area contributed by atoms with Crippen LogP contribution in [-0.2, 0) is 4.79 Å². The van der Waals surface area contributed by atoms with Crippen molar-refractivity contribution in [1.82, 2.24) is 4.90 Å². The molecule has 0 radical (unpaired) electrons. The molecule has 12 heavy (non-hydrogen) atoms. The maximum Gasteiger partial charge on any atom is 0.250 e. The van der Waals surface area contributed by atoms with Crippen LogP contribution in [0.2, 0.25) is 0 Å². The lowest BCUT2D eigenvalue weighted by atomic mass is 9.79. The van der Waals surface area contributed by atoms with E-state index < -0.39 is 0 Å². The van der Waals surface area contributed by atoms with Gasteiger partial charge in [-0.05, 0) is 26.2 Å². The second-order valence-electron chi connectivity index (χ2n) is 4.07. The van der Waals surface area contributed by atoms with Crippen molar-refractivity contribution in [1.29, 1.82) is 0 Å². The normalized spacial score (nSPS) is 33.4. The highest BCUT2D eigenvalue weighted by Crippen LogP contribution is 2.36. The van der Waals surface area contributed by atoms with Crippen LogP contribution in [0.5, 0.6) is 0 Å². The molecule has 0 aromatic heterocycles. The summed E-state index contributed by atoms with van der Waals surface area (Å²) in [5.41, 5.74) is 2.38. The van der Waals surface area contributed by atoms with Gasteiger partial charge in [0.1, 0.15) is 0 Å². The summed E-state index contributed by atoms with van der Waals surface area (Å²) in [5, 5.41) is 0. The third-order valence-corrected chi connectivity index (χ3v) is 3.10. The van der Waals surface area contributed by atoms with E-state index in [4.69, 9.17) is 0 Å². The summed E-state index contributed by atoms with van der Waals surface area (Å²) in [6.45, 7) is 7.31. The van der Waals surface area contributed by atoms with Crippen LogP contribution in [0.15, 0.2) is 11.1 Å². The van der Waals surface area contributed by atoms with E-state index in [1.165, 1.54) is 5.57 Å². The van der Waals surface area contributed by atoms with Crippen molar-refractivity contribution in [3.63, 3.8) is 0 Å². The Hall–Kier alpha value is -0.790. The number of rotatable bonds is 1. The van der Waals surface area contributed by atoms with Crippen molar-refractivity contribution >= 4 is 5.91 Å². The van der Waals surface area contributed by atoms with Crippen LogP contribution in [0.4, 0.5) is 0 Å². The molecule has 1 aliphatic heterocycles. The van der Waals surface area contributed by atoms with Crippen molar-refractivity contribution in [3.05, 3.63) is 11.1 Å². The lowest BCUT2D eigenvalue weighted by Crippen LogP contribution is -2.25. The van der Waals surface area contributed by atoms with Crippen LogP contribution in [-0.4, -0.2) is 23.4 Å².